The van der Waals surface area contributed by atoms with E-state index in [1.807, 2.05) is 6.07 Å². The predicted octanol–water partition coefficient (Wildman–Crippen LogP) is 7.58. The van der Waals surface area contributed by atoms with Gasteiger partial charge in [0, 0.05) is 18.5 Å². The Bertz CT molecular complexity index is 728. The highest BCUT2D eigenvalue weighted by atomic mass is 79.9. The van der Waals surface area contributed by atoms with E-state index in [0.717, 1.165) is 17.6 Å². The van der Waals surface area contributed by atoms with Crippen molar-refractivity contribution in [3.05, 3.63) is 52.8 Å². The van der Waals surface area contributed by atoms with Crippen molar-refractivity contribution in [3.8, 4) is 0 Å². The summed E-state index contributed by atoms with van der Waals surface area (Å²) in [5.41, 5.74) is 1.17. The molecule has 0 N–H and O–H groups in total. The van der Waals surface area contributed by atoms with Crippen LogP contribution in [0.3, 0.4) is 0 Å². The van der Waals surface area contributed by atoms with Gasteiger partial charge < -0.3 is 0 Å². The Morgan fingerprint density at radius 1 is 1.11 bits per heavy atom. The molecule has 3 rings (SSSR count). The Kier molecular flexibility index (Phi) is 4.42. The van der Waals surface area contributed by atoms with E-state index < -0.39 is 0 Å². The highest BCUT2D eigenvalue weighted by molar-refractivity contribution is 9.13. The lowest BCUT2D eigenvalue weighted by Crippen LogP contribution is -1.87. The van der Waals surface area contributed by atoms with E-state index in [2.05, 4.69) is 71.4 Å². The minimum Gasteiger partial charge on any atom is -0.142 e. The van der Waals surface area contributed by atoms with Crippen LogP contribution in [0.15, 0.2) is 42.4 Å². The molecular formula is C13H6Br3ClS2. The Labute approximate surface area is 149 Å². The maximum atomic E-state index is 6.65. The molecule has 1 aromatic carbocycles. The maximum Gasteiger partial charge on any atom is 0.0942 e. The number of hydrogen-bond acceptors (Lipinski definition) is 2. The molecule has 0 nitrogen and oxygen atoms in total. The quantitative estimate of drug-likeness (QED) is 0.318. The standard InChI is InChI=1S/C13H6Br3ClS2/c14-8-3-1-2-6-7(5-18-12(6)8)11(17)10-4-9(15)13(16)19-10/h1-5,11H. The molecule has 1 atom stereocenters. The first-order valence-electron chi connectivity index (χ1n) is 5.32. The van der Waals surface area contributed by atoms with Crippen LogP contribution in [-0.2, 0) is 0 Å². The van der Waals surface area contributed by atoms with E-state index in [9.17, 15) is 0 Å². The van der Waals surface area contributed by atoms with E-state index in [0.29, 0.717) is 0 Å². The molecule has 0 bridgehead atoms. The molecule has 2 heterocycles. The lowest BCUT2D eigenvalue weighted by Gasteiger charge is -2.06. The van der Waals surface area contributed by atoms with E-state index >= 15 is 0 Å². The zero-order chi connectivity index (χ0) is 13.6. The first-order valence-corrected chi connectivity index (χ1v) is 9.83. The normalized spacial score (nSPS) is 13.1. The lowest BCUT2D eigenvalue weighted by molar-refractivity contribution is 1.22. The van der Waals surface area contributed by atoms with Gasteiger partial charge in [0.25, 0.3) is 0 Å². The zero-order valence-electron chi connectivity index (χ0n) is 9.29. The third kappa shape index (κ3) is 2.70. The minimum absolute atomic E-state index is 0.115. The van der Waals surface area contributed by atoms with Crippen molar-refractivity contribution in [3.63, 3.8) is 0 Å². The summed E-state index contributed by atoms with van der Waals surface area (Å²) in [6, 6.07) is 8.31. The van der Waals surface area contributed by atoms with Gasteiger partial charge >= 0.3 is 0 Å². The number of hydrogen-bond donors (Lipinski definition) is 0. The first-order chi connectivity index (χ1) is 9.08. The molecule has 1 unspecified atom stereocenters. The number of alkyl halides is 1. The van der Waals surface area contributed by atoms with Gasteiger partial charge in [-0.2, -0.15) is 0 Å². The summed E-state index contributed by atoms with van der Waals surface area (Å²) in [6.07, 6.45) is 0. The fraction of sp³-hybridized carbons (Fsp3) is 0.0769. The van der Waals surface area contributed by atoms with E-state index in [-0.39, 0.29) is 5.38 Å². The Hall–Kier alpha value is 0.610. The molecule has 98 valence electrons. The molecule has 0 spiro atoms. The van der Waals surface area contributed by atoms with Gasteiger partial charge in [0.05, 0.1) is 9.16 Å². The third-order valence-electron chi connectivity index (χ3n) is 2.77. The molecule has 0 aliphatic heterocycles. The average Bonchev–Trinajstić information content (AvgIpc) is 2.94. The molecule has 0 radical (unpaired) electrons. The summed E-state index contributed by atoms with van der Waals surface area (Å²) >= 11 is 20.7. The lowest BCUT2D eigenvalue weighted by atomic mass is 10.1. The van der Waals surface area contributed by atoms with Gasteiger partial charge in [-0.05, 0) is 76.3 Å². The summed E-state index contributed by atoms with van der Waals surface area (Å²) in [5, 5.41) is 3.25. The number of fused-ring (bicyclic) bond motifs is 1. The molecule has 0 saturated carbocycles. The van der Waals surface area contributed by atoms with Crippen molar-refractivity contribution in [2.45, 2.75) is 5.38 Å². The third-order valence-corrected chi connectivity index (χ3v) is 8.66. The average molecular weight is 501 g/mol. The van der Waals surface area contributed by atoms with Gasteiger partial charge in [-0.15, -0.1) is 34.3 Å². The molecule has 2 aromatic heterocycles. The smallest absolute Gasteiger partial charge is 0.0942 e. The van der Waals surface area contributed by atoms with Gasteiger partial charge in [-0.3, -0.25) is 0 Å². The van der Waals surface area contributed by atoms with Crippen molar-refractivity contribution in [1.82, 2.24) is 0 Å². The van der Waals surface area contributed by atoms with Crippen molar-refractivity contribution in [1.29, 1.82) is 0 Å². The predicted molar refractivity (Wildman–Crippen MR) is 96.9 cm³/mol. The highest BCUT2D eigenvalue weighted by Crippen LogP contribution is 2.44. The van der Waals surface area contributed by atoms with Crippen molar-refractivity contribution < 1.29 is 0 Å². The summed E-state index contributed by atoms with van der Waals surface area (Å²) < 4.78 is 4.50. The van der Waals surface area contributed by atoms with Crippen LogP contribution in [0.5, 0.6) is 0 Å². The Morgan fingerprint density at radius 3 is 2.58 bits per heavy atom. The van der Waals surface area contributed by atoms with E-state index in [4.69, 9.17) is 11.6 Å². The molecule has 0 aliphatic carbocycles. The molecule has 0 fully saturated rings. The van der Waals surface area contributed by atoms with Crippen LogP contribution in [0, 0.1) is 0 Å². The molecule has 19 heavy (non-hydrogen) atoms. The van der Waals surface area contributed by atoms with Crippen LogP contribution in [0.4, 0.5) is 0 Å². The van der Waals surface area contributed by atoms with Crippen LogP contribution < -0.4 is 0 Å². The SMILES string of the molecule is ClC(c1cc(Br)c(Br)s1)c1csc2c(Br)cccc12. The minimum atomic E-state index is -0.115. The monoisotopic (exact) mass is 498 g/mol. The largest absolute Gasteiger partial charge is 0.142 e. The Morgan fingerprint density at radius 2 is 1.89 bits per heavy atom. The maximum absolute atomic E-state index is 6.65. The van der Waals surface area contributed by atoms with Crippen LogP contribution in [0.1, 0.15) is 15.8 Å². The molecular weight excluding hydrogens is 495 g/mol. The molecule has 0 saturated heterocycles. The second-order valence-electron chi connectivity index (χ2n) is 3.94. The van der Waals surface area contributed by atoms with Gasteiger partial charge in [0.1, 0.15) is 0 Å². The summed E-state index contributed by atoms with van der Waals surface area (Å²) in [7, 11) is 0. The highest BCUT2D eigenvalue weighted by Gasteiger charge is 2.19. The number of rotatable bonds is 2. The van der Waals surface area contributed by atoms with Crippen LogP contribution in [0.2, 0.25) is 0 Å². The van der Waals surface area contributed by atoms with Crippen LogP contribution in [-0.4, -0.2) is 0 Å². The second kappa shape index (κ2) is 5.78. The van der Waals surface area contributed by atoms with Gasteiger partial charge in [0.15, 0.2) is 0 Å². The van der Waals surface area contributed by atoms with Gasteiger partial charge in [-0.25, -0.2) is 0 Å². The first kappa shape index (κ1) is 14.5. The summed E-state index contributed by atoms with van der Waals surface area (Å²) in [5.74, 6) is 0. The van der Waals surface area contributed by atoms with Crippen LogP contribution >= 0.6 is 82.1 Å². The summed E-state index contributed by atoms with van der Waals surface area (Å²) in [4.78, 5) is 1.14. The fourth-order valence-electron chi connectivity index (χ4n) is 1.88. The number of benzene rings is 1. The molecule has 0 aliphatic rings. The Balaban J connectivity index is 2.11. The van der Waals surface area contributed by atoms with Crippen molar-refractivity contribution in [2.24, 2.45) is 0 Å². The van der Waals surface area contributed by atoms with Gasteiger partial charge in [0.2, 0.25) is 0 Å². The number of halogens is 4. The molecule has 0 amide bonds. The van der Waals surface area contributed by atoms with Gasteiger partial charge in [-0.1, -0.05) is 12.1 Å². The van der Waals surface area contributed by atoms with Crippen molar-refractivity contribution in [2.75, 3.05) is 0 Å². The van der Waals surface area contributed by atoms with Crippen molar-refractivity contribution >= 4 is 92.2 Å². The topological polar surface area (TPSA) is 0 Å². The molecule has 3 aromatic rings. The summed E-state index contributed by atoms with van der Waals surface area (Å²) in [6.45, 7) is 0. The van der Waals surface area contributed by atoms with E-state index in [1.165, 1.54) is 15.6 Å². The zero-order valence-corrected chi connectivity index (χ0v) is 16.4. The number of thiophene rings is 2. The molecule has 6 heteroatoms. The van der Waals surface area contributed by atoms with Crippen LogP contribution in [0.25, 0.3) is 10.1 Å². The van der Waals surface area contributed by atoms with E-state index in [1.54, 1.807) is 22.7 Å². The fourth-order valence-corrected chi connectivity index (χ4v) is 6.07. The second-order valence-corrected chi connectivity index (χ2v) is 9.37.